The van der Waals surface area contributed by atoms with Gasteiger partial charge in [-0.15, -0.1) is 11.3 Å². The highest BCUT2D eigenvalue weighted by molar-refractivity contribution is 7.10. The van der Waals surface area contributed by atoms with Crippen molar-refractivity contribution in [2.75, 3.05) is 26.7 Å². The summed E-state index contributed by atoms with van der Waals surface area (Å²) in [5.74, 6) is 0. The first-order valence-electron chi connectivity index (χ1n) is 7.36. The van der Waals surface area contributed by atoms with Gasteiger partial charge >= 0.3 is 0 Å². The molecule has 2 rings (SSSR count). The van der Waals surface area contributed by atoms with Crippen molar-refractivity contribution in [3.8, 4) is 0 Å². The molecule has 2 heterocycles. The number of thiophene rings is 1. The standard InChI is InChI=1S/C15H27N3S/c1-4-18-9-5-7-13(18)11-17(3)15(12(2)16)14-8-6-10-19-14/h6,8,10,12-13,15H,4-5,7,9,11,16H2,1-3H3. The summed E-state index contributed by atoms with van der Waals surface area (Å²) in [6.07, 6.45) is 2.67. The Morgan fingerprint density at radius 3 is 2.95 bits per heavy atom. The van der Waals surface area contributed by atoms with Gasteiger partial charge < -0.3 is 5.73 Å². The van der Waals surface area contributed by atoms with Gasteiger partial charge in [-0.05, 0) is 51.3 Å². The van der Waals surface area contributed by atoms with Crippen LogP contribution in [0.3, 0.4) is 0 Å². The first kappa shape index (κ1) is 15.0. The molecule has 1 aromatic heterocycles. The predicted octanol–water partition coefficient (Wildman–Crippen LogP) is 2.55. The second-order valence-electron chi connectivity index (χ2n) is 5.68. The van der Waals surface area contributed by atoms with E-state index in [0.29, 0.717) is 12.1 Å². The Hall–Kier alpha value is -0.420. The summed E-state index contributed by atoms with van der Waals surface area (Å²) in [7, 11) is 2.22. The minimum absolute atomic E-state index is 0.167. The SMILES string of the molecule is CCN1CCCC1CN(C)C(c1cccs1)C(C)N. The molecule has 108 valence electrons. The first-order chi connectivity index (χ1) is 9.13. The number of rotatable bonds is 6. The van der Waals surface area contributed by atoms with Crippen LogP contribution in [0, 0.1) is 0 Å². The van der Waals surface area contributed by atoms with Gasteiger partial charge in [-0.3, -0.25) is 9.80 Å². The van der Waals surface area contributed by atoms with E-state index in [2.05, 4.69) is 48.2 Å². The van der Waals surface area contributed by atoms with E-state index < -0.39 is 0 Å². The molecule has 1 fully saturated rings. The fraction of sp³-hybridized carbons (Fsp3) is 0.733. The van der Waals surface area contributed by atoms with Crippen LogP contribution < -0.4 is 5.73 Å². The summed E-state index contributed by atoms with van der Waals surface area (Å²) >= 11 is 1.82. The van der Waals surface area contributed by atoms with Crippen LogP contribution in [0.1, 0.15) is 37.6 Å². The first-order valence-corrected chi connectivity index (χ1v) is 8.24. The van der Waals surface area contributed by atoms with Crippen LogP contribution in [0.4, 0.5) is 0 Å². The molecule has 0 spiro atoms. The Bertz CT molecular complexity index is 363. The smallest absolute Gasteiger partial charge is 0.0588 e. The Morgan fingerprint density at radius 2 is 2.37 bits per heavy atom. The zero-order valence-electron chi connectivity index (χ0n) is 12.4. The third-order valence-corrected chi connectivity index (χ3v) is 5.15. The third-order valence-electron chi connectivity index (χ3n) is 4.21. The Kier molecular flexibility index (Phi) is 5.39. The highest BCUT2D eigenvalue weighted by atomic mass is 32.1. The fourth-order valence-electron chi connectivity index (χ4n) is 3.30. The summed E-state index contributed by atoms with van der Waals surface area (Å²) in [6, 6.07) is 5.55. The molecule has 0 saturated carbocycles. The number of likely N-dealkylation sites (N-methyl/N-ethyl adjacent to an activating group) is 2. The van der Waals surface area contributed by atoms with E-state index in [9.17, 15) is 0 Å². The highest BCUT2D eigenvalue weighted by Crippen LogP contribution is 2.28. The molecule has 0 bridgehead atoms. The van der Waals surface area contributed by atoms with Gasteiger partial charge in [0.05, 0.1) is 6.04 Å². The van der Waals surface area contributed by atoms with Gasteiger partial charge in [0.1, 0.15) is 0 Å². The molecule has 3 atom stereocenters. The van der Waals surface area contributed by atoms with Crippen LogP contribution in [-0.2, 0) is 0 Å². The monoisotopic (exact) mass is 281 g/mol. The largest absolute Gasteiger partial charge is 0.326 e. The Balaban J connectivity index is 2.02. The topological polar surface area (TPSA) is 32.5 Å². The molecule has 0 aliphatic carbocycles. The molecule has 1 saturated heterocycles. The molecule has 0 aromatic carbocycles. The van der Waals surface area contributed by atoms with Crippen molar-refractivity contribution in [2.24, 2.45) is 5.73 Å². The summed E-state index contributed by atoms with van der Waals surface area (Å²) < 4.78 is 0. The van der Waals surface area contributed by atoms with Crippen LogP contribution >= 0.6 is 11.3 Å². The second-order valence-corrected chi connectivity index (χ2v) is 6.66. The van der Waals surface area contributed by atoms with Gasteiger partial charge in [0.15, 0.2) is 0 Å². The van der Waals surface area contributed by atoms with E-state index in [-0.39, 0.29) is 6.04 Å². The molecule has 3 unspecified atom stereocenters. The van der Waals surface area contributed by atoms with Crippen molar-refractivity contribution in [3.63, 3.8) is 0 Å². The zero-order valence-corrected chi connectivity index (χ0v) is 13.2. The maximum Gasteiger partial charge on any atom is 0.0588 e. The van der Waals surface area contributed by atoms with E-state index in [1.807, 2.05) is 11.3 Å². The summed E-state index contributed by atoms with van der Waals surface area (Å²) in [4.78, 5) is 6.44. The van der Waals surface area contributed by atoms with Gasteiger partial charge in [-0.2, -0.15) is 0 Å². The number of hydrogen-bond donors (Lipinski definition) is 1. The van der Waals surface area contributed by atoms with Crippen LogP contribution in [-0.4, -0.2) is 48.6 Å². The predicted molar refractivity (Wildman–Crippen MR) is 83.6 cm³/mol. The maximum absolute atomic E-state index is 6.22. The lowest BCUT2D eigenvalue weighted by Gasteiger charge is -2.34. The summed E-state index contributed by atoms with van der Waals surface area (Å²) in [5.41, 5.74) is 6.22. The average molecular weight is 281 g/mol. The van der Waals surface area contributed by atoms with E-state index in [1.165, 1.54) is 30.8 Å². The molecule has 19 heavy (non-hydrogen) atoms. The maximum atomic E-state index is 6.22. The zero-order chi connectivity index (χ0) is 13.8. The van der Waals surface area contributed by atoms with Crippen LogP contribution in [0.25, 0.3) is 0 Å². The van der Waals surface area contributed by atoms with Crippen molar-refractivity contribution in [1.29, 1.82) is 0 Å². The van der Waals surface area contributed by atoms with E-state index >= 15 is 0 Å². The molecular formula is C15H27N3S. The summed E-state index contributed by atoms with van der Waals surface area (Å²) in [5, 5.41) is 2.15. The minimum Gasteiger partial charge on any atom is -0.326 e. The van der Waals surface area contributed by atoms with Gasteiger partial charge in [0.25, 0.3) is 0 Å². The van der Waals surface area contributed by atoms with Crippen LogP contribution in [0.2, 0.25) is 0 Å². The summed E-state index contributed by atoms with van der Waals surface area (Å²) in [6.45, 7) is 7.93. The molecule has 1 aromatic rings. The van der Waals surface area contributed by atoms with E-state index in [1.54, 1.807) is 0 Å². The van der Waals surface area contributed by atoms with E-state index in [0.717, 1.165) is 6.54 Å². The van der Waals surface area contributed by atoms with Crippen molar-refractivity contribution in [3.05, 3.63) is 22.4 Å². The van der Waals surface area contributed by atoms with Crippen molar-refractivity contribution in [1.82, 2.24) is 9.80 Å². The molecule has 0 amide bonds. The lowest BCUT2D eigenvalue weighted by Crippen LogP contribution is -2.44. The van der Waals surface area contributed by atoms with Crippen molar-refractivity contribution in [2.45, 2.75) is 44.8 Å². The number of likely N-dealkylation sites (tertiary alicyclic amines) is 1. The van der Waals surface area contributed by atoms with Gasteiger partial charge in [0.2, 0.25) is 0 Å². The number of nitrogens with two attached hydrogens (primary N) is 1. The van der Waals surface area contributed by atoms with Gasteiger partial charge in [-0.1, -0.05) is 13.0 Å². The molecule has 3 nitrogen and oxygen atoms in total. The normalized spacial score (nSPS) is 23.9. The average Bonchev–Trinajstić information content (AvgIpc) is 3.00. The van der Waals surface area contributed by atoms with Crippen molar-refractivity contribution >= 4 is 11.3 Å². The number of nitrogens with zero attached hydrogens (tertiary/aromatic N) is 2. The minimum atomic E-state index is 0.167. The van der Waals surface area contributed by atoms with Crippen LogP contribution in [0.15, 0.2) is 17.5 Å². The molecule has 2 N–H and O–H groups in total. The molecule has 1 aliphatic heterocycles. The van der Waals surface area contributed by atoms with Gasteiger partial charge in [-0.25, -0.2) is 0 Å². The lowest BCUT2D eigenvalue weighted by atomic mass is 10.1. The molecule has 1 aliphatic rings. The lowest BCUT2D eigenvalue weighted by molar-refractivity contribution is 0.153. The van der Waals surface area contributed by atoms with Gasteiger partial charge in [0, 0.05) is 23.5 Å². The fourth-order valence-corrected chi connectivity index (χ4v) is 4.31. The molecule has 4 heteroatoms. The highest BCUT2D eigenvalue weighted by Gasteiger charge is 2.28. The quantitative estimate of drug-likeness (QED) is 0.870. The van der Waals surface area contributed by atoms with Crippen molar-refractivity contribution < 1.29 is 0 Å². The molecular weight excluding hydrogens is 254 g/mol. The Labute approximate surface area is 121 Å². The number of hydrogen-bond acceptors (Lipinski definition) is 4. The molecule has 0 radical (unpaired) electrons. The second kappa shape index (κ2) is 6.84. The third kappa shape index (κ3) is 3.57. The Morgan fingerprint density at radius 1 is 1.58 bits per heavy atom. The van der Waals surface area contributed by atoms with E-state index in [4.69, 9.17) is 5.73 Å². The van der Waals surface area contributed by atoms with Crippen LogP contribution in [0.5, 0.6) is 0 Å².